The third kappa shape index (κ3) is 3.32. The number of hydrogen-bond acceptors (Lipinski definition) is 4. The summed E-state index contributed by atoms with van der Waals surface area (Å²) in [6.45, 7) is 0. The molecule has 0 bridgehead atoms. The van der Waals surface area contributed by atoms with Crippen molar-refractivity contribution in [1.82, 2.24) is 0 Å². The predicted molar refractivity (Wildman–Crippen MR) is 81.2 cm³/mol. The van der Waals surface area contributed by atoms with Crippen molar-refractivity contribution in [2.45, 2.75) is 4.21 Å². The summed E-state index contributed by atoms with van der Waals surface area (Å²) in [5.74, 6) is -1.18. The van der Waals surface area contributed by atoms with Crippen LogP contribution < -0.4 is 4.72 Å². The zero-order valence-corrected chi connectivity index (χ0v) is 13.6. The first-order valence-corrected chi connectivity index (χ1v) is 8.62. The quantitative estimate of drug-likeness (QED) is 0.826. The Kier molecular flexibility index (Phi) is 4.38. The Morgan fingerprint density at radius 2 is 2.05 bits per heavy atom. The van der Waals surface area contributed by atoms with E-state index in [1.807, 2.05) is 0 Å². The van der Waals surface area contributed by atoms with Gasteiger partial charge in [0.2, 0.25) is 0 Å². The van der Waals surface area contributed by atoms with Gasteiger partial charge in [-0.1, -0.05) is 27.5 Å². The molecule has 2 rings (SSSR count). The number of thiophene rings is 1. The van der Waals surface area contributed by atoms with E-state index in [1.54, 1.807) is 12.1 Å². The molecule has 0 fully saturated rings. The molecule has 1 aromatic carbocycles. The lowest BCUT2D eigenvalue weighted by Crippen LogP contribution is -2.12. The van der Waals surface area contributed by atoms with E-state index < -0.39 is 16.0 Å². The van der Waals surface area contributed by atoms with Crippen molar-refractivity contribution >= 4 is 60.5 Å². The van der Waals surface area contributed by atoms with Gasteiger partial charge in [-0.25, -0.2) is 13.2 Å². The monoisotopic (exact) mass is 395 g/mol. The zero-order chi connectivity index (χ0) is 14.9. The van der Waals surface area contributed by atoms with Crippen LogP contribution in [0.2, 0.25) is 5.02 Å². The fourth-order valence-corrected chi connectivity index (χ4v) is 4.35. The van der Waals surface area contributed by atoms with E-state index in [1.165, 1.54) is 11.4 Å². The van der Waals surface area contributed by atoms with Gasteiger partial charge in [0.05, 0.1) is 16.3 Å². The molecule has 2 aromatic rings. The molecule has 0 aliphatic rings. The van der Waals surface area contributed by atoms with Gasteiger partial charge in [0.1, 0.15) is 4.21 Å². The van der Waals surface area contributed by atoms with Gasteiger partial charge in [0, 0.05) is 9.85 Å². The maximum Gasteiger partial charge on any atom is 0.336 e. The minimum Gasteiger partial charge on any atom is -0.478 e. The van der Waals surface area contributed by atoms with Gasteiger partial charge in [-0.05, 0) is 24.3 Å². The summed E-state index contributed by atoms with van der Waals surface area (Å²) < 4.78 is 27.2. The Balaban J connectivity index is 2.33. The molecule has 2 N–H and O–H groups in total. The number of halogens is 2. The first kappa shape index (κ1) is 15.3. The Morgan fingerprint density at radius 1 is 1.35 bits per heavy atom. The van der Waals surface area contributed by atoms with Crippen molar-refractivity contribution in [3.63, 3.8) is 0 Å². The molecular weight excluding hydrogens is 390 g/mol. The molecular formula is C11H7BrClNO4S2. The Labute approximate surface area is 132 Å². The number of rotatable bonds is 4. The SMILES string of the molecule is O=C(O)c1csc(S(=O)(=O)Nc2ccc(Br)cc2Cl)c1. The number of nitrogens with one attached hydrogen (secondary N) is 1. The number of carbonyl (C=O) groups is 1. The van der Waals surface area contributed by atoms with Gasteiger partial charge in [0.25, 0.3) is 10.0 Å². The van der Waals surface area contributed by atoms with Gasteiger partial charge >= 0.3 is 5.97 Å². The van der Waals surface area contributed by atoms with E-state index in [4.69, 9.17) is 16.7 Å². The lowest BCUT2D eigenvalue weighted by Gasteiger charge is -2.08. The molecule has 0 saturated heterocycles. The number of benzene rings is 1. The van der Waals surface area contributed by atoms with Crippen LogP contribution in [0.4, 0.5) is 5.69 Å². The van der Waals surface area contributed by atoms with Crippen LogP contribution in [-0.2, 0) is 10.0 Å². The van der Waals surface area contributed by atoms with Crippen molar-refractivity contribution in [1.29, 1.82) is 0 Å². The number of hydrogen-bond donors (Lipinski definition) is 2. The van der Waals surface area contributed by atoms with Crippen LogP contribution in [0, 0.1) is 0 Å². The van der Waals surface area contributed by atoms with Crippen LogP contribution in [0.15, 0.2) is 38.3 Å². The summed E-state index contributed by atoms with van der Waals surface area (Å²) in [6, 6.07) is 5.80. The standard InChI is InChI=1S/C11H7BrClNO4S2/c12-7-1-2-9(8(13)4-7)14-20(17,18)10-3-6(5-19-10)11(15)16/h1-5,14H,(H,15,16). The number of aromatic carboxylic acids is 1. The zero-order valence-electron chi connectivity index (χ0n) is 9.63. The molecule has 0 unspecified atom stereocenters. The molecule has 20 heavy (non-hydrogen) atoms. The number of anilines is 1. The third-order valence-electron chi connectivity index (χ3n) is 2.26. The van der Waals surface area contributed by atoms with Crippen LogP contribution in [0.3, 0.4) is 0 Å². The molecule has 0 aliphatic heterocycles. The van der Waals surface area contributed by atoms with Crippen molar-refractivity contribution in [2.24, 2.45) is 0 Å². The molecule has 5 nitrogen and oxygen atoms in total. The lowest BCUT2D eigenvalue weighted by molar-refractivity contribution is 0.0697. The number of carboxylic acids is 1. The molecule has 0 spiro atoms. The fourth-order valence-electron chi connectivity index (χ4n) is 1.34. The van der Waals surface area contributed by atoms with Gasteiger partial charge in [-0.2, -0.15) is 0 Å². The van der Waals surface area contributed by atoms with E-state index in [9.17, 15) is 13.2 Å². The van der Waals surface area contributed by atoms with Crippen LogP contribution in [0.5, 0.6) is 0 Å². The highest BCUT2D eigenvalue weighted by Crippen LogP contribution is 2.29. The topological polar surface area (TPSA) is 83.5 Å². The van der Waals surface area contributed by atoms with Crippen molar-refractivity contribution in [3.8, 4) is 0 Å². The van der Waals surface area contributed by atoms with Gasteiger partial charge in [-0.15, -0.1) is 11.3 Å². The van der Waals surface area contributed by atoms with Crippen LogP contribution in [0.25, 0.3) is 0 Å². The van der Waals surface area contributed by atoms with E-state index in [0.717, 1.165) is 21.9 Å². The van der Waals surface area contributed by atoms with E-state index in [-0.39, 0.29) is 20.5 Å². The highest BCUT2D eigenvalue weighted by Gasteiger charge is 2.20. The highest BCUT2D eigenvalue weighted by atomic mass is 79.9. The van der Waals surface area contributed by atoms with Crippen molar-refractivity contribution in [3.05, 3.63) is 44.7 Å². The van der Waals surface area contributed by atoms with Gasteiger partial charge in [-0.3, -0.25) is 4.72 Å². The van der Waals surface area contributed by atoms with Crippen molar-refractivity contribution < 1.29 is 18.3 Å². The molecule has 106 valence electrons. The average Bonchev–Trinajstić information content (AvgIpc) is 2.83. The highest BCUT2D eigenvalue weighted by molar-refractivity contribution is 9.10. The largest absolute Gasteiger partial charge is 0.478 e. The minimum atomic E-state index is -3.86. The molecule has 1 aromatic heterocycles. The fraction of sp³-hybridized carbons (Fsp3) is 0. The molecule has 0 radical (unpaired) electrons. The second-order valence-corrected chi connectivity index (χ2v) is 7.83. The summed E-state index contributed by atoms with van der Waals surface area (Å²) in [7, 11) is -3.86. The van der Waals surface area contributed by atoms with Gasteiger partial charge in [0.15, 0.2) is 0 Å². The smallest absolute Gasteiger partial charge is 0.336 e. The van der Waals surface area contributed by atoms with Crippen LogP contribution in [-0.4, -0.2) is 19.5 Å². The summed E-state index contributed by atoms with van der Waals surface area (Å²) in [6.07, 6.45) is 0. The Morgan fingerprint density at radius 3 is 2.60 bits per heavy atom. The molecule has 0 atom stereocenters. The summed E-state index contributed by atoms with van der Waals surface area (Å²) >= 11 is 9.98. The summed E-state index contributed by atoms with van der Waals surface area (Å²) in [4.78, 5) is 10.8. The van der Waals surface area contributed by atoms with E-state index in [0.29, 0.717) is 0 Å². The van der Waals surface area contributed by atoms with E-state index >= 15 is 0 Å². The summed E-state index contributed by atoms with van der Waals surface area (Å²) in [5.41, 5.74) is 0.150. The van der Waals surface area contributed by atoms with Gasteiger partial charge < -0.3 is 5.11 Å². The Bertz CT molecular complexity index is 772. The normalized spacial score (nSPS) is 11.3. The minimum absolute atomic E-state index is 0.0720. The van der Waals surface area contributed by atoms with Crippen LogP contribution in [0.1, 0.15) is 10.4 Å². The first-order chi connectivity index (χ1) is 9.29. The summed E-state index contributed by atoms with van der Waals surface area (Å²) in [5, 5.41) is 10.3. The second kappa shape index (κ2) is 5.72. The van der Waals surface area contributed by atoms with Crippen molar-refractivity contribution in [2.75, 3.05) is 4.72 Å². The third-order valence-corrected chi connectivity index (χ3v) is 5.87. The molecule has 9 heteroatoms. The molecule has 1 heterocycles. The molecule has 0 amide bonds. The molecule has 0 aliphatic carbocycles. The lowest BCUT2D eigenvalue weighted by atomic mass is 10.3. The number of sulfonamides is 1. The Hall–Kier alpha value is -1.09. The molecule has 0 saturated carbocycles. The second-order valence-electron chi connectivity index (χ2n) is 3.69. The maximum atomic E-state index is 12.1. The van der Waals surface area contributed by atoms with E-state index in [2.05, 4.69) is 20.7 Å². The maximum absolute atomic E-state index is 12.1. The average molecular weight is 397 g/mol. The predicted octanol–water partition coefficient (Wildman–Crippen LogP) is 3.66. The van der Waals surface area contributed by atoms with Crippen LogP contribution >= 0.6 is 38.9 Å². The number of carboxylic acid groups (broad SMARTS) is 1. The first-order valence-electron chi connectivity index (χ1n) is 5.09.